The Balaban J connectivity index is 2.03. The van der Waals surface area contributed by atoms with Crippen LogP contribution in [0.25, 0.3) is 16.8 Å². The molecule has 3 rings (SSSR count). The molecule has 0 unspecified atom stereocenters. The molecule has 0 saturated heterocycles. The third kappa shape index (κ3) is 1.82. The highest BCUT2D eigenvalue weighted by Gasteiger charge is 2.06. The van der Waals surface area contributed by atoms with Crippen LogP contribution in [0.2, 0.25) is 0 Å². The number of rotatable bonds is 3. The quantitative estimate of drug-likeness (QED) is 0.705. The predicted molar refractivity (Wildman–Crippen MR) is 69.6 cm³/mol. The molecule has 0 saturated carbocycles. The van der Waals surface area contributed by atoms with E-state index in [9.17, 15) is 0 Å². The molecule has 2 aromatic heterocycles. The highest BCUT2D eigenvalue weighted by Crippen LogP contribution is 2.25. The van der Waals surface area contributed by atoms with Gasteiger partial charge < -0.3 is 4.74 Å². The first-order chi connectivity index (χ1) is 8.88. The minimum Gasteiger partial charge on any atom is -0.494 e. The topological polar surface area (TPSA) is 39.4 Å². The Bertz CT molecular complexity index is 658. The molecule has 0 atom stereocenters. The number of hydrogen-bond donors (Lipinski definition) is 0. The van der Waals surface area contributed by atoms with Gasteiger partial charge in [0.15, 0.2) is 5.65 Å². The van der Waals surface area contributed by atoms with Gasteiger partial charge in [0.2, 0.25) is 0 Å². The van der Waals surface area contributed by atoms with E-state index in [4.69, 9.17) is 4.74 Å². The lowest BCUT2D eigenvalue weighted by atomic mass is 10.1. The Kier molecular flexibility index (Phi) is 2.68. The Hall–Kier alpha value is -2.36. The van der Waals surface area contributed by atoms with Gasteiger partial charge in [-0.2, -0.15) is 5.10 Å². The van der Waals surface area contributed by atoms with Crippen LogP contribution in [-0.2, 0) is 0 Å². The molecule has 18 heavy (non-hydrogen) atoms. The summed E-state index contributed by atoms with van der Waals surface area (Å²) in [7, 11) is 0. The van der Waals surface area contributed by atoms with Crippen molar-refractivity contribution in [1.82, 2.24) is 14.6 Å². The van der Waals surface area contributed by atoms with Crippen LogP contribution in [0.3, 0.4) is 0 Å². The molecule has 4 heteroatoms. The van der Waals surface area contributed by atoms with Gasteiger partial charge in [-0.15, -0.1) is 0 Å². The smallest absolute Gasteiger partial charge is 0.162 e. The minimum atomic E-state index is 0.678. The molecule has 0 fully saturated rings. The molecule has 0 spiro atoms. The van der Waals surface area contributed by atoms with Gasteiger partial charge in [-0.3, -0.25) is 0 Å². The van der Waals surface area contributed by atoms with Crippen LogP contribution in [0.1, 0.15) is 6.92 Å². The Morgan fingerprint density at radius 2 is 2.06 bits per heavy atom. The summed E-state index contributed by atoms with van der Waals surface area (Å²) in [5.74, 6) is 0.880. The maximum absolute atomic E-state index is 5.43. The van der Waals surface area contributed by atoms with E-state index >= 15 is 0 Å². The first-order valence-corrected chi connectivity index (χ1v) is 5.90. The number of benzene rings is 1. The van der Waals surface area contributed by atoms with E-state index in [0.717, 1.165) is 22.5 Å². The monoisotopic (exact) mass is 239 g/mol. The van der Waals surface area contributed by atoms with Gasteiger partial charge in [-0.25, -0.2) is 9.50 Å². The van der Waals surface area contributed by atoms with Crippen molar-refractivity contribution in [2.24, 2.45) is 0 Å². The second-order valence-corrected chi connectivity index (χ2v) is 3.90. The SMILES string of the molecule is CCOc1ccc(-c2cnn3cccnc23)cc1. The summed E-state index contributed by atoms with van der Waals surface area (Å²) in [6.45, 7) is 2.65. The summed E-state index contributed by atoms with van der Waals surface area (Å²) >= 11 is 0. The lowest BCUT2D eigenvalue weighted by Gasteiger charge is -2.03. The van der Waals surface area contributed by atoms with Gasteiger partial charge in [0, 0.05) is 18.0 Å². The summed E-state index contributed by atoms with van der Waals surface area (Å²) in [4.78, 5) is 4.35. The van der Waals surface area contributed by atoms with Gasteiger partial charge in [0.05, 0.1) is 12.8 Å². The second-order valence-electron chi connectivity index (χ2n) is 3.90. The van der Waals surface area contributed by atoms with Gasteiger partial charge in [0.25, 0.3) is 0 Å². The van der Waals surface area contributed by atoms with Gasteiger partial charge in [-0.05, 0) is 30.7 Å². The number of hydrogen-bond acceptors (Lipinski definition) is 3. The molecule has 0 amide bonds. The van der Waals surface area contributed by atoms with Crippen LogP contribution in [-0.4, -0.2) is 21.2 Å². The Morgan fingerprint density at radius 1 is 1.22 bits per heavy atom. The van der Waals surface area contributed by atoms with Gasteiger partial charge in [0.1, 0.15) is 5.75 Å². The van der Waals surface area contributed by atoms with Crippen molar-refractivity contribution in [3.8, 4) is 16.9 Å². The number of nitrogens with zero attached hydrogens (tertiary/aromatic N) is 3. The van der Waals surface area contributed by atoms with E-state index in [2.05, 4.69) is 10.1 Å². The first-order valence-electron chi connectivity index (χ1n) is 5.90. The molecule has 3 aromatic rings. The fourth-order valence-corrected chi connectivity index (χ4v) is 1.93. The van der Waals surface area contributed by atoms with Crippen molar-refractivity contribution >= 4 is 5.65 Å². The van der Waals surface area contributed by atoms with E-state index in [1.165, 1.54) is 0 Å². The minimum absolute atomic E-state index is 0.678. The third-order valence-electron chi connectivity index (χ3n) is 2.76. The molecule has 0 N–H and O–H groups in total. The van der Waals surface area contributed by atoms with Crippen molar-refractivity contribution in [3.05, 3.63) is 48.9 Å². The zero-order valence-corrected chi connectivity index (χ0v) is 10.1. The van der Waals surface area contributed by atoms with Crippen molar-refractivity contribution < 1.29 is 4.74 Å². The summed E-state index contributed by atoms with van der Waals surface area (Å²) < 4.78 is 7.20. The zero-order valence-electron chi connectivity index (χ0n) is 10.1. The van der Waals surface area contributed by atoms with Crippen molar-refractivity contribution in [1.29, 1.82) is 0 Å². The molecule has 0 bridgehead atoms. The summed E-state index contributed by atoms with van der Waals surface area (Å²) in [5.41, 5.74) is 2.98. The molecule has 0 aliphatic carbocycles. The van der Waals surface area contributed by atoms with Crippen LogP contribution in [0.15, 0.2) is 48.9 Å². The highest BCUT2D eigenvalue weighted by atomic mass is 16.5. The van der Waals surface area contributed by atoms with E-state index in [-0.39, 0.29) is 0 Å². The Morgan fingerprint density at radius 3 is 2.83 bits per heavy atom. The van der Waals surface area contributed by atoms with E-state index in [1.54, 1.807) is 10.7 Å². The molecule has 0 radical (unpaired) electrons. The van der Waals surface area contributed by atoms with E-state index in [1.807, 2.05) is 49.6 Å². The average Bonchev–Trinajstić information content (AvgIpc) is 2.84. The van der Waals surface area contributed by atoms with Crippen molar-refractivity contribution in [2.75, 3.05) is 6.61 Å². The van der Waals surface area contributed by atoms with Crippen LogP contribution >= 0.6 is 0 Å². The molecule has 2 heterocycles. The second kappa shape index (κ2) is 4.49. The first kappa shape index (κ1) is 10.8. The molecular formula is C14H13N3O. The summed E-state index contributed by atoms with van der Waals surface area (Å²) in [6.07, 6.45) is 5.49. The normalized spacial score (nSPS) is 10.7. The fourth-order valence-electron chi connectivity index (χ4n) is 1.93. The highest BCUT2D eigenvalue weighted by molar-refractivity contribution is 5.76. The lowest BCUT2D eigenvalue weighted by molar-refractivity contribution is 0.340. The molecule has 0 aliphatic heterocycles. The summed E-state index contributed by atoms with van der Waals surface area (Å²) in [6, 6.07) is 9.84. The molecule has 90 valence electrons. The number of ether oxygens (including phenoxy) is 1. The van der Waals surface area contributed by atoms with Crippen LogP contribution in [0.4, 0.5) is 0 Å². The summed E-state index contributed by atoms with van der Waals surface area (Å²) in [5, 5.41) is 4.28. The number of fused-ring (bicyclic) bond motifs is 1. The average molecular weight is 239 g/mol. The van der Waals surface area contributed by atoms with E-state index < -0.39 is 0 Å². The molecular weight excluding hydrogens is 226 g/mol. The van der Waals surface area contributed by atoms with Gasteiger partial charge in [-0.1, -0.05) is 12.1 Å². The predicted octanol–water partition coefficient (Wildman–Crippen LogP) is 2.80. The maximum atomic E-state index is 5.43. The maximum Gasteiger partial charge on any atom is 0.162 e. The molecule has 1 aromatic carbocycles. The van der Waals surface area contributed by atoms with Crippen LogP contribution in [0.5, 0.6) is 5.75 Å². The molecule has 4 nitrogen and oxygen atoms in total. The van der Waals surface area contributed by atoms with Crippen molar-refractivity contribution in [2.45, 2.75) is 6.92 Å². The Labute approximate surface area is 105 Å². The van der Waals surface area contributed by atoms with Crippen LogP contribution < -0.4 is 4.74 Å². The van der Waals surface area contributed by atoms with Gasteiger partial charge >= 0.3 is 0 Å². The largest absolute Gasteiger partial charge is 0.494 e. The third-order valence-corrected chi connectivity index (χ3v) is 2.76. The standard InChI is InChI=1S/C14H13N3O/c1-2-18-12-6-4-11(5-7-12)13-10-16-17-9-3-8-15-14(13)17/h3-10H,2H2,1H3. The van der Waals surface area contributed by atoms with E-state index in [0.29, 0.717) is 6.61 Å². The van der Waals surface area contributed by atoms with Crippen LogP contribution in [0, 0.1) is 0 Å². The van der Waals surface area contributed by atoms with Crippen molar-refractivity contribution in [3.63, 3.8) is 0 Å². The number of aromatic nitrogens is 3. The molecule has 0 aliphatic rings. The zero-order chi connectivity index (χ0) is 12.4. The fraction of sp³-hybridized carbons (Fsp3) is 0.143. The lowest BCUT2D eigenvalue weighted by Crippen LogP contribution is -1.91.